The Kier molecular flexibility index (Phi) is 7.34. The van der Waals surface area contributed by atoms with Crippen LogP contribution >= 0.6 is 0 Å². The zero-order valence-electron chi connectivity index (χ0n) is 14.5. The number of carbonyl (C=O) groups excluding carboxylic acids is 1. The Balaban J connectivity index is 1.74. The van der Waals surface area contributed by atoms with Crippen molar-refractivity contribution in [3.63, 3.8) is 0 Å². The molecule has 140 valence electrons. The normalized spacial score (nSPS) is 17.2. The number of benzene rings is 1. The molecule has 2 rings (SSSR count). The molecule has 0 aromatic heterocycles. The number of sulfone groups is 1. The average molecular weight is 371 g/mol. The first kappa shape index (κ1) is 19.8. The predicted octanol–water partition coefficient (Wildman–Crippen LogP) is 0.790. The SMILES string of the molecule is CC(CC(=O)NCCCN1CCNCC1)S(=O)(=O)c1ccc(F)cc1. The van der Waals surface area contributed by atoms with Crippen LogP contribution in [0.5, 0.6) is 0 Å². The zero-order valence-corrected chi connectivity index (χ0v) is 15.3. The van der Waals surface area contributed by atoms with Gasteiger partial charge in [0.1, 0.15) is 5.82 Å². The summed E-state index contributed by atoms with van der Waals surface area (Å²) in [5.41, 5.74) is 0. The van der Waals surface area contributed by atoms with Crippen LogP contribution in [-0.4, -0.2) is 63.7 Å². The van der Waals surface area contributed by atoms with Crippen LogP contribution in [0.25, 0.3) is 0 Å². The molecule has 0 saturated carbocycles. The average Bonchev–Trinajstić information content (AvgIpc) is 2.60. The Bertz CT molecular complexity index is 658. The van der Waals surface area contributed by atoms with Crippen molar-refractivity contribution in [3.8, 4) is 0 Å². The lowest BCUT2D eigenvalue weighted by molar-refractivity contribution is -0.121. The first-order valence-corrected chi connectivity index (χ1v) is 10.1. The molecule has 0 spiro atoms. The van der Waals surface area contributed by atoms with Crippen LogP contribution in [0.3, 0.4) is 0 Å². The topological polar surface area (TPSA) is 78.5 Å². The Morgan fingerprint density at radius 3 is 2.56 bits per heavy atom. The smallest absolute Gasteiger partial charge is 0.221 e. The fourth-order valence-electron chi connectivity index (χ4n) is 2.76. The summed E-state index contributed by atoms with van der Waals surface area (Å²) >= 11 is 0. The zero-order chi connectivity index (χ0) is 18.3. The van der Waals surface area contributed by atoms with Crippen molar-refractivity contribution < 1.29 is 17.6 Å². The minimum absolute atomic E-state index is 0.0351. The predicted molar refractivity (Wildman–Crippen MR) is 94.6 cm³/mol. The van der Waals surface area contributed by atoms with Crippen molar-refractivity contribution in [2.45, 2.75) is 29.9 Å². The highest BCUT2D eigenvalue weighted by Crippen LogP contribution is 2.18. The second-order valence-electron chi connectivity index (χ2n) is 6.31. The number of nitrogens with zero attached hydrogens (tertiary/aromatic N) is 1. The maximum absolute atomic E-state index is 12.9. The molecule has 1 aliphatic heterocycles. The highest BCUT2D eigenvalue weighted by atomic mass is 32.2. The van der Waals surface area contributed by atoms with E-state index in [2.05, 4.69) is 15.5 Å². The summed E-state index contributed by atoms with van der Waals surface area (Å²) in [6, 6.07) is 4.67. The molecule has 1 fully saturated rings. The standard InChI is InChI=1S/C17H26FN3O3S/c1-14(25(23,24)16-5-3-15(18)4-6-16)13-17(22)20-7-2-10-21-11-8-19-9-12-21/h3-6,14,19H,2,7-13H2,1H3,(H,20,22). The van der Waals surface area contributed by atoms with Crippen LogP contribution in [0.15, 0.2) is 29.2 Å². The molecule has 1 aromatic rings. The van der Waals surface area contributed by atoms with E-state index < -0.39 is 20.9 Å². The molecule has 1 unspecified atom stereocenters. The van der Waals surface area contributed by atoms with E-state index in [-0.39, 0.29) is 17.2 Å². The van der Waals surface area contributed by atoms with E-state index in [1.165, 1.54) is 19.1 Å². The van der Waals surface area contributed by atoms with Crippen LogP contribution < -0.4 is 10.6 Å². The maximum atomic E-state index is 12.9. The molecule has 8 heteroatoms. The van der Waals surface area contributed by atoms with Gasteiger partial charge in [-0.2, -0.15) is 0 Å². The Morgan fingerprint density at radius 1 is 1.28 bits per heavy atom. The Morgan fingerprint density at radius 2 is 1.92 bits per heavy atom. The van der Waals surface area contributed by atoms with Crippen molar-refractivity contribution in [1.29, 1.82) is 0 Å². The van der Waals surface area contributed by atoms with E-state index >= 15 is 0 Å². The third-order valence-electron chi connectivity index (χ3n) is 4.33. The number of piperazine rings is 1. The van der Waals surface area contributed by atoms with Crippen LogP contribution in [0, 0.1) is 5.82 Å². The van der Waals surface area contributed by atoms with Crippen LogP contribution in [0.1, 0.15) is 19.8 Å². The Hall–Kier alpha value is -1.51. The summed E-state index contributed by atoms with van der Waals surface area (Å²) in [7, 11) is -3.64. The first-order valence-electron chi connectivity index (χ1n) is 8.59. The van der Waals surface area contributed by atoms with Gasteiger partial charge in [0, 0.05) is 39.1 Å². The number of halogens is 1. The molecule has 1 atom stereocenters. The number of amides is 1. The molecule has 0 radical (unpaired) electrons. The van der Waals surface area contributed by atoms with Gasteiger partial charge in [-0.15, -0.1) is 0 Å². The molecule has 1 aromatic carbocycles. The van der Waals surface area contributed by atoms with Gasteiger partial charge in [-0.25, -0.2) is 12.8 Å². The molecule has 0 bridgehead atoms. The lowest BCUT2D eigenvalue weighted by Crippen LogP contribution is -2.44. The first-order chi connectivity index (χ1) is 11.9. The van der Waals surface area contributed by atoms with Crippen molar-refractivity contribution in [1.82, 2.24) is 15.5 Å². The Labute approximate surface area is 148 Å². The van der Waals surface area contributed by atoms with Crippen molar-refractivity contribution >= 4 is 15.7 Å². The monoisotopic (exact) mass is 371 g/mol. The van der Waals surface area contributed by atoms with Gasteiger partial charge < -0.3 is 15.5 Å². The second kappa shape index (κ2) is 9.26. The summed E-state index contributed by atoms with van der Waals surface area (Å²) in [6.07, 6.45) is 0.734. The molecule has 0 aliphatic carbocycles. The van der Waals surface area contributed by atoms with E-state index in [9.17, 15) is 17.6 Å². The summed E-state index contributed by atoms with van der Waals surface area (Å²) in [6.45, 7) is 6.97. The third kappa shape index (κ3) is 6.05. The quantitative estimate of drug-likeness (QED) is 0.522. The lowest BCUT2D eigenvalue weighted by atomic mass is 10.3. The van der Waals surface area contributed by atoms with E-state index in [0.29, 0.717) is 6.54 Å². The lowest BCUT2D eigenvalue weighted by Gasteiger charge is -2.27. The van der Waals surface area contributed by atoms with Crippen LogP contribution in [0.4, 0.5) is 4.39 Å². The number of rotatable bonds is 8. The van der Waals surface area contributed by atoms with Gasteiger partial charge >= 0.3 is 0 Å². The molecule has 1 heterocycles. The molecule has 6 nitrogen and oxygen atoms in total. The van der Waals surface area contributed by atoms with E-state index in [1.807, 2.05) is 0 Å². The van der Waals surface area contributed by atoms with E-state index in [0.717, 1.165) is 51.3 Å². The molecule has 1 amide bonds. The largest absolute Gasteiger partial charge is 0.356 e. The molecule has 1 saturated heterocycles. The van der Waals surface area contributed by atoms with Gasteiger partial charge in [-0.3, -0.25) is 4.79 Å². The minimum atomic E-state index is -3.64. The maximum Gasteiger partial charge on any atom is 0.221 e. The van der Waals surface area contributed by atoms with Gasteiger partial charge in [0.15, 0.2) is 9.84 Å². The summed E-state index contributed by atoms with van der Waals surface area (Å²) in [5, 5.41) is 5.21. The van der Waals surface area contributed by atoms with Gasteiger partial charge in [0.2, 0.25) is 5.91 Å². The highest BCUT2D eigenvalue weighted by molar-refractivity contribution is 7.92. The number of hydrogen-bond acceptors (Lipinski definition) is 5. The van der Waals surface area contributed by atoms with Crippen molar-refractivity contribution in [2.24, 2.45) is 0 Å². The molecule has 25 heavy (non-hydrogen) atoms. The van der Waals surface area contributed by atoms with Crippen molar-refractivity contribution in [3.05, 3.63) is 30.1 Å². The molecular weight excluding hydrogens is 345 g/mol. The summed E-state index contributed by atoms with van der Waals surface area (Å²) < 4.78 is 37.7. The molecule has 1 aliphatic rings. The fraction of sp³-hybridized carbons (Fsp3) is 0.588. The number of nitrogens with one attached hydrogen (secondary N) is 2. The van der Waals surface area contributed by atoms with E-state index in [1.54, 1.807) is 0 Å². The van der Waals surface area contributed by atoms with E-state index in [4.69, 9.17) is 0 Å². The van der Waals surface area contributed by atoms with Gasteiger partial charge in [0.05, 0.1) is 10.1 Å². The van der Waals surface area contributed by atoms with Gasteiger partial charge in [0.25, 0.3) is 0 Å². The van der Waals surface area contributed by atoms with Gasteiger partial charge in [-0.05, 0) is 44.2 Å². The summed E-state index contributed by atoms with van der Waals surface area (Å²) in [4.78, 5) is 14.4. The minimum Gasteiger partial charge on any atom is -0.356 e. The second-order valence-corrected chi connectivity index (χ2v) is 8.67. The summed E-state index contributed by atoms with van der Waals surface area (Å²) in [5.74, 6) is -0.771. The molecule has 2 N–H and O–H groups in total. The number of hydrogen-bond donors (Lipinski definition) is 2. The highest BCUT2D eigenvalue weighted by Gasteiger charge is 2.25. The van der Waals surface area contributed by atoms with Crippen molar-refractivity contribution in [2.75, 3.05) is 39.3 Å². The number of carbonyl (C=O) groups is 1. The third-order valence-corrected chi connectivity index (χ3v) is 6.48. The van der Waals surface area contributed by atoms with Crippen LogP contribution in [-0.2, 0) is 14.6 Å². The molecular formula is C17H26FN3O3S. The van der Waals surface area contributed by atoms with Gasteiger partial charge in [-0.1, -0.05) is 0 Å². The van der Waals surface area contributed by atoms with Crippen LogP contribution in [0.2, 0.25) is 0 Å². The fourth-order valence-corrected chi connectivity index (χ4v) is 4.12.